The number of hydrogen-bond donors (Lipinski definition) is 0. The Morgan fingerprint density at radius 1 is 1.26 bits per heavy atom. The van der Waals surface area contributed by atoms with Gasteiger partial charge in [-0.05, 0) is 53.7 Å². The first-order valence-corrected chi connectivity index (χ1v) is 7.28. The molecule has 0 aliphatic heterocycles. The van der Waals surface area contributed by atoms with E-state index in [1.807, 2.05) is 6.07 Å². The third kappa shape index (κ3) is 2.61. The molecule has 1 aromatic carbocycles. The number of Topliss-reactive ketones (excluding diaryl/α,β-unsaturated/α-hetero) is 1. The number of hydrogen-bond acceptors (Lipinski definition) is 1. The minimum absolute atomic E-state index is 0.166. The number of fused-ring (bicyclic) bond motifs is 1. The predicted octanol–water partition coefficient (Wildman–Crippen LogP) is 5.09. The van der Waals surface area contributed by atoms with E-state index in [-0.39, 0.29) is 16.6 Å². The molecular formula is C18H26O. The molecule has 0 heterocycles. The molecule has 1 aliphatic carbocycles. The smallest absolute Gasteiger partial charge is 0.159 e. The highest BCUT2D eigenvalue weighted by atomic mass is 16.1. The van der Waals surface area contributed by atoms with Gasteiger partial charge in [0.1, 0.15) is 0 Å². The van der Waals surface area contributed by atoms with Gasteiger partial charge in [0.2, 0.25) is 0 Å². The summed E-state index contributed by atoms with van der Waals surface area (Å²) in [6.45, 7) is 13.2. The Morgan fingerprint density at radius 3 is 2.42 bits per heavy atom. The van der Waals surface area contributed by atoms with Crippen molar-refractivity contribution < 1.29 is 4.79 Å². The number of carbonyl (C=O) groups is 1. The lowest BCUT2D eigenvalue weighted by Gasteiger charge is -2.42. The summed E-state index contributed by atoms with van der Waals surface area (Å²) in [7, 11) is 0. The largest absolute Gasteiger partial charge is 0.295 e. The summed E-state index contributed by atoms with van der Waals surface area (Å²) in [5, 5.41) is 0. The van der Waals surface area contributed by atoms with E-state index in [2.05, 4.69) is 46.8 Å². The van der Waals surface area contributed by atoms with Crippen molar-refractivity contribution in [3.8, 4) is 0 Å². The quantitative estimate of drug-likeness (QED) is 0.641. The second kappa shape index (κ2) is 4.47. The van der Waals surface area contributed by atoms with Crippen LogP contribution in [-0.4, -0.2) is 5.78 Å². The van der Waals surface area contributed by atoms with Crippen LogP contribution in [-0.2, 0) is 5.41 Å². The zero-order valence-electron chi connectivity index (χ0n) is 13.1. The Hall–Kier alpha value is -1.11. The molecule has 1 aliphatic rings. The molecule has 0 bridgehead atoms. The lowest BCUT2D eigenvalue weighted by molar-refractivity contribution is 0.101. The summed E-state index contributed by atoms with van der Waals surface area (Å²) in [5.41, 5.74) is 4.17. The van der Waals surface area contributed by atoms with E-state index in [9.17, 15) is 4.79 Å². The van der Waals surface area contributed by atoms with Gasteiger partial charge in [0.05, 0.1) is 0 Å². The van der Waals surface area contributed by atoms with Crippen LogP contribution in [0.2, 0.25) is 0 Å². The van der Waals surface area contributed by atoms with E-state index in [4.69, 9.17) is 0 Å². The number of ketones is 1. The molecule has 1 aromatic rings. The van der Waals surface area contributed by atoms with E-state index in [0.717, 1.165) is 5.56 Å². The van der Waals surface area contributed by atoms with Gasteiger partial charge in [-0.2, -0.15) is 0 Å². The summed E-state index contributed by atoms with van der Waals surface area (Å²) in [6, 6.07) is 6.33. The zero-order chi connectivity index (χ0) is 14.4. The Kier molecular flexibility index (Phi) is 3.36. The molecule has 2 rings (SSSR count). The molecule has 0 saturated heterocycles. The van der Waals surface area contributed by atoms with Gasteiger partial charge in [-0.25, -0.2) is 0 Å². The van der Waals surface area contributed by atoms with E-state index in [0.29, 0.717) is 5.92 Å². The first-order chi connectivity index (χ1) is 8.63. The van der Waals surface area contributed by atoms with Crippen LogP contribution in [0, 0.1) is 5.41 Å². The summed E-state index contributed by atoms with van der Waals surface area (Å²) < 4.78 is 0. The van der Waals surface area contributed by atoms with Crippen LogP contribution in [0.3, 0.4) is 0 Å². The van der Waals surface area contributed by atoms with Crippen molar-refractivity contribution in [2.45, 2.75) is 65.7 Å². The van der Waals surface area contributed by atoms with Gasteiger partial charge in [-0.1, -0.05) is 46.8 Å². The maximum atomic E-state index is 11.6. The van der Waals surface area contributed by atoms with Crippen LogP contribution in [0.15, 0.2) is 18.2 Å². The Morgan fingerprint density at radius 2 is 1.89 bits per heavy atom. The van der Waals surface area contributed by atoms with Crippen molar-refractivity contribution in [3.05, 3.63) is 34.9 Å². The fourth-order valence-electron chi connectivity index (χ4n) is 3.38. The Balaban J connectivity index is 2.61. The molecule has 0 aromatic heterocycles. The Bertz CT molecular complexity index is 503. The SMILES string of the molecule is CC(=O)c1ccc2c(c1)C(C(C)(C)C)CCC2(C)C. The third-order valence-corrected chi connectivity index (χ3v) is 4.67. The van der Waals surface area contributed by atoms with Gasteiger partial charge in [0.25, 0.3) is 0 Å². The van der Waals surface area contributed by atoms with Crippen molar-refractivity contribution in [2.24, 2.45) is 5.41 Å². The highest BCUT2D eigenvalue weighted by Gasteiger charge is 2.37. The van der Waals surface area contributed by atoms with Crippen LogP contribution < -0.4 is 0 Å². The number of carbonyl (C=O) groups excluding carboxylic acids is 1. The van der Waals surface area contributed by atoms with E-state index in [1.165, 1.54) is 24.0 Å². The normalized spacial score (nSPS) is 21.9. The highest BCUT2D eigenvalue weighted by molar-refractivity contribution is 5.94. The highest BCUT2D eigenvalue weighted by Crippen LogP contribution is 2.49. The fourth-order valence-corrected chi connectivity index (χ4v) is 3.38. The van der Waals surface area contributed by atoms with E-state index >= 15 is 0 Å². The summed E-state index contributed by atoms with van der Waals surface area (Å²) >= 11 is 0. The van der Waals surface area contributed by atoms with Gasteiger partial charge < -0.3 is 0 Å². The molecule has 19 heavy (non-hydrogen) atoms. The molecule has 1 heteroatoms. The molecule has 0 fully saturated rings. The molecular weight excluding hydrogens is 232 g/mol. The predicted molar refractivity (Wildman–Crippen MR) is 80.9 cm³/mol. The Labute approximate surface area is 117 Å². The lowest BCUT2D eigenvalue weighted by Crippen LogP contribution is -2.31. The van der Waals surface area contributed by atoms with Gasteiger partial charge in [-0.15, -0.1) is 0 Å². The van der Waals surface area contributed by atoms with E-state index in [1.54, 1.807) is 6.92 Å². The fraction of sp³-hybridized carbons (Fsp3) is 0.611. The summed E-state index contributed by atoms with van der Waals surface area (Å²) in [4.78, 5) is 11.6. The first kappa shape index (κ1) is 14.3. The molecule has 1 unspecified atom stereocenters. The standard InChI is InChI=1S/C18H26O/c1-12(19)13-7-8-16-14(11-13)15(17(2,3)4)9-10-18(16,5)6/h7-8,11,15H,9-10H2,1-6H3. The van der Waals surface area contributed by atoms with Gasteiger partial charge in [0, 0.05) is 5.56 Å². The average Bonchev–Trinajstić information content (AvgIpc) is 2.26. The maximum Gasteiger partial charge on any atom is 0.159 e. The number of benzene rings is 1. The topological polar surface area (TPSA) is 17.1 Å². The first-order valence-electron chi connectivity index (χ1n) is 7.28. The second-order valence-electron chi connectivity index (χ2n) is 7.70. The average molecular weight is 258 g/mol. The van der Waals surface area contributed by atoms with Gasteiger partial charge in [-0.3, -0.25) is 4.79 Å². The maximum absolute atomic E-state index is 11.6. The van der Waals surface area contributed by atoms with Crippen LogP contribution in [0.1, 0.15) is 81.8 Å². The molecule has 104 valence electrons. The van der Waals surface area contributed by atoms with Gasteiger partial charge in [0.15, 0.2) is 5.78 Å². The van der Waals surface area contributed by atoms with Crippen molar-refractivity contribution in [1.29, 1.82) is 0 Å². The van der Waals surface area contributed by atoms with Crippen molar-refractivity contribution in [3.63, 3.8) is 0 Å². The van der Waals surface area contributed by atoms with Gasteiger partial charge >= 0.3 is 0 Å². The second-order valence-corrected chi connectivity index (χ2v) is 7.70. The molecule has 0 amide bonds. The summed E-state index contributed by atoms with van der Waals surface area (Å²) in [5.74, 6) is 0.716. The van der Waals surface area contributed by atoms with Crippen LogP contribution in [0.25, 0.3) is 0 Å². The van der Waals surface area contributed by atoms with E-state index < -0.39 is 0 Å². The molecule has 1 nitrogen and oxygen atoms in total. The number of rotatable bonds is 1. The van der Waals surface area contributed by atoms with Crippen LogP contribution in [0.5, 0.6) is 0 Å². The minimum atomic E-state index is 0.166. The third-order valence-electron chi connectivity index (χ3n) is 4.67. The summed E-state index contributed by atoms with van der Waals surface area (Å²) in [6.07, 6.45) is 2.44. The lowest BCUT2D eigenvalue weighted by atomic mass is 9.62. The minimum Gasteiger partial charge on any atom is -0.295 e. The van der Waals surface area contributed by atoms with Crippen molar-refractivity contribution >= 4 is 5.78 Å². The zero-order valence-corrected chi connectivity index (χ0v) is 13.1. The molecule has 0 spiro atoms. The molecule has 0 saturated carbocycles. The van der Waals surface area contributed by atoms with Crippen molar-refractivity contribution in [2.75, 3.05) is 0 Å². The molecule has 1 atom stereocenters. The molecule has 0 radical (unpaired) electrons. The van der Waals surface area contributed by atoms with Crippen LogP contribution in [0.4, 0.5) is 0 Å². The molecule has 0 N–H and O–H groups in total. The van der Waals surface area contributed by atoms with Crippen molar-refractivity contribution in [1.82, 2.24) is 0 Å². The monoisotopic (exact) mass is 258 g/mol. The van der Waals surface area contributed by atoms with Crippen LogP contribution >= 0.6 is 0 Å².